The van der Waals surface area contributed by atoms with Crippen molar-refractivity contribution in [2.75, 3.05) is 25.5 Å². The van der Waals surface area contributed by atoms with E-state index in [0.717, 1.165) is 31.5 Å². The molecule has 2 rings (SSSR count). The van der Waals surface area contributed by atoms with Gasteiger partial charge in [-0.1, -0.05) is 6.07 Å². The number of aryl methyl sites for hydroxylation is 1. The zero-order chi connectivity index (χ0) is 14.7. The van der Waals surface area contributed by atoms with Crippen LogP contribution in [-0.2, 0) is 4.79 Å². The van der Waals surface area contributed by atoms with Gasteiger partial charge in [0.05, 0.1) is 10.6 Å². The fourth-order valence-electron chi connectivity index (χ4n) is 2.36. The normalized spacial score (nSPS) is 16.9. The highest BCUT2D eigenvalue weighted by atomic mass is 16.6. The van der Waals surface area contributed by atoms with Gasteiger partial charge in [0.2, 0.25) is 5.91 Å². The summed E-state index contributed by atoms with van der Waals surface area (Å²) in [7, 11) is 2.04. The number of non-ortho nitro benzene ring substituents is 1. The molecule has 108 valence electrons. The summed E-state index contributed by atoms with van der Waals surface area (Å²) in [4.78, 5) is 24.7. The monoisotopic (exact) mass is 277 g/mol. The number of carbonyl (C=O) groups is 1. The molecule has 6 heteroatoms. The molecule has 1 heterocycles. The Morgan fingerprint density at radius 1 is 1.40 bits per heavy atom. The molecular weight excluding hydrogens is 258 g/mol. The Kier molecular flexibility index (Phi) is 4.34. The minimum Gasteiger partial charge on any atom is -0.325 e. The first-order valence-corrected chi connectivity index (χ1v) is 6.72. The Morgan fingerprint density at radius 2 is 2.05 bits per heavy atom. The van der Waals surface area contributed by atoms with Crippen molar-refractivity contribution in [2.24, 2.45) is 5.92 Å². The smallest absolute Gasteiger partial charge is 0.271 e. The Labute approximate surface area is 117 Å². The molecule has 0 radical (unpaired) electrons. The van der Waals surface area contributed by atoms with Crippen LogP contribution in [0, 0.1) is 23.0 Å². The third kappa shape index (κ3) is 3.33. The quantitative estimate of drug-likeness (QED) is 0.678. The summed E-state index contributed by atoms with van der Waals surface area (Å²) in [5.74, 6) is -0.0495. The van der Waals surface area contributed by atoms with Crippen LogP contribution in [0.5, 0.6) is 0 Å². The van der Waals surface area contributed by atoms with Crippen molar-refractivity contribution in [3.05, 3.63) is 33.9 Å². The van der Waals surface area contributed by atoms with Gasteiger partial charge in [0.15, 0.2) is 0 Å². The van der Waals surface area contributed by atoms with Crippen molar-refractivity contribution in [2.45, 2.75) is 19.8 Å². The highest BCUT2D eigenvalue weighted by molar-refractivity contribution is 5.93. The van der Waals surface area contributed by atoms with E-state index < -0.39 is 4.92 Å². The number of hydrogen-bond acceptors (Lipinski definition) is 4. The maximum absolute atomic E-state index is 12.2. The number of carbonyl (C=O) groups excluding carboxylic acids is 1. The standard InChI is InChI=1S/C14H19N3O3/c1-10-3-4-12(17(19)20)9-13(10)15-14(18)11-5-7-16(2)8-6-11/h3-4,9,11H,5-8H2,1-2H3,(H,15,18). The molecule has 6 nitrogen and oxygen atoms in total. The van der Waals surface area contributed by atoms with Gasteiger partial charge >= 0.3 is 0 Å². The molecule has 1 aliphatic rings. The summed E-state index contributed by atoms with van der Waals surface area (Å²) in [6, 6.07) is 4.52. The van der Waals surface area contributed by atoms with Crippen LogP contribution in [0.1, 0.15) is 18.4 Å². The minimum atomic E-state index is -0.454. The maximum atomic E-state index is 12.2. The number of likely N-dealkylation sites (tertiary alicyclic amines) is 1. The zero-order valence-electron chi connectivity index (χ0n) is 11.8. The van der Waals surface area contributed by atoms with Crippen LogP contribution in [0.3, 0.4) is 0 Å². The average Bonchev–Trinajstić information content (AvgIpc) is 2.41. The van der Waals surface area contributed by atoms with Crippen LogP contribution in [0.2, 0.25) is 0 Å². The fourth-order valence-corrected chi connectivity index (χ4v) is 2.36. The highest BCUT2D eigenvalue weighted by Gasteiger charge is 2.24. The van der Waals surface area contributed by atoms with Crippen LogP contribution in [0.4, 0.5) is 11.4 Å². The van der Waals surface area contributed by atoms with Crippen LogP contribution in [0.15, 0.2) is 18.2 Å². The van der Waals surface area contributed by atoms with E-state index in [1.165, 1.54) is 12.1 Å². The van der Waals surface area contributed by atoms with E-state index in [4.69, 9.17) is 0 Å². The number of piperidine rings is 1. The largest absolute Gasteiger partial charge is 0.325 e. The van der Waals surface area contributed by atoms with E-state index in [-0.39, 0.29) is 17.5 Å². The molecule has 0 atom stereocenters. The van der Waals surface area contributed by atoms with Gasteiger partial charge in [-0.15, -0.1) is 0 Å². The molecule has 0 spiro atoms. The predicted molar refractivity (Wildman–Crippen MR) is 76.7 cm³/mol. The number of anilines is 1. The molecule has 1 saturated heterocycles. The first-order valence-electron chi connectivity index (χ1n) is 6.72. The lowest BCUT2D eigenvalue weighted by atomic mass is 9.96. The van der Waals surface area contributed by atoms with Gasteiger partial charge in [0.25, 0.3) is 5.69 Å². The van der Waals surface area contributed by atoms with Crippen LogP contribution >= 0.6 is 0 Å². The number of nitro groups is 1. The summed E-state index contributed by atoms with van der Waals surface area (Å²) in [6.07, 6.45) is 1.66. The number of amides is 1. The van der Waals surface area contributed by atoms with Crippen LogP contribution < -0.4 is 5.32 Å². The van der Waals surface area contributed by atoms with E-state index in [1.807, 2.05) is 14.0 Å². The van der Waals surface area contributed by atoms with Crippen molar-refractivity contribution >= 4 is 17.3 Å². The molecule has 1 amide bonds. The number of nitrogens with one attached hydrogen (secondary N) is 1. The molecule has 0 saturated carbocycles. The van der Waals surface area contributed by atoms with E-state index in [9.17, 15) is 14.9 Å². The Hall–Kier alpha value is -1.95. The molecule has 0 aliphatic carbocycles. The third-order valence-electron chi connectivity index (χ3n) is 3.78. The fraction of sp³-hybridized carbons (Fsp3) is 0.500. The first-order chi connectivity index (χ1) is 9.47. The number of nitro benzene ring substituents is 1. The third-order valence-corrected chi connectivity index (χ3v) is 3.78. The molecule has 1 fully saturated rings. The molecule has 0 aromatic heterocycles. The molecule has 1 N–H and O–H groups in total. The van der Waals surface area contributed by atoms with Crippen LogP contribution in [-0.4, -0.2) is 35.9 Å². The molecule has 1 aromatic carbocycles. The summed E-state index contributed by atoms with van der Waals surface area (Å²) in [5.41, 5.74) is 1.36. The SMILES string of the molecule is Cc1ccc([N+](=O)[O-])cc1NC(=O)C1CCN(C)CC1. The Morgan fingerprint density at radius 3 is 2.65 bits per heavy atom. The maximum Gasteiger partial charge on any atom is 0.271 e. The van der Waals surface area contributed by atoms with E-state index >= 15 is 0 Å². The van der Waals surface area contributed by atoms with Gasteiger partial charge in [-0.25, -0.2) is 0 Å². The summed E-state index contributed by atoms with van der Waals surface area (Å²) >= 11 is 0. The molecule has 20 heavy (non-hydrogen) atoms. The van der Waals surface area contributed by atoms with Gasteiger partial charge in [0, 0.05) is 18.1 Å². The number of hydrogen-bond donors (Lipinski definition) is 1. The van der Waals surface area contributed by atoms with Crippen molar-refractivity contribution in [3.8, 4) is 0 Å². The van der Waals surface area contributed by atoms with E-state index in [1.54, 1.807) is 6.07 Å². The average molecular weight is 277 g/mol. The molecular formula is C14H19N3O3. The van der Waals surface area contributed by atoms with Gasteiger partial charge in [-0.05, 0) is 45.5 Å². The lowest BCUT2D eigenvalue weighted by molar-refractivity contribution is -0.384. The first kappa shape index (κ1) is 14.5. The second kappa shape index (κ2) is 6.00. The van der Waals surface area contributed by atoms with E-state index in [2.05, 4.69) is 10.2 Å². The Balaban J connectivity index is 2.07. The Bertz CT molecular complexity index is 522. The number of benzene rings is 1. The number of rotatable bonds is 3. The minimum absolute atomic E-state index is 0.00530. The van der Waals surface area contributed by atoms with E-state index in [0.29, 0.717) is 5.69 Å². The topological polar surface area (TPSA) is 75.5 Å². The summed E-state index contributed by atoms with van der Waals surface area (Å²) in [6.45, 7) is 3.64. The highest BCUT2D eigenvalue weighted by Crippen LogP contribution is 2.24. The molecule has 0 unspecified atom stereocenters. The van der Waals surface area contributed by atoms with Crippen LogP contribution in [0.25, 0.3) is 0 Å². The summed E-state index contributed by atoms with van der Waals surface area (Å²) < 4.78 is 0. The van der Waals surface area contributed by atoms with Gasteiger partial charge in [0.1, 0.15) is 0 Å². The second-order valence-corrected chi connectivity index (χ2v) is 5.32. The van der Waals surface area contributed by atoms with Gasteiger partial charge < -0.3 is 10.2 Å². The molecule has 1 aromatic rings. The van der Waals surface area contributed by atoms with Gasteiger partial charge in [-0.2, -0.15) is 0 Å². The lowest BCUT2D eigenvalue weighted by Crippen LogP contribution is -2.36. The van der Waals surface area contributed by atoms with Gasteiger partial charge in [-0.3, -0.25) is 14.9 Å². The molecule has 0 bridgehead atoms. The summed E-state index contributed by atoms with van der Waals surface area (Å²) in [5, 5.41) is 13.6. The van der Waals surface area contributed by atoms with Crippen molar-refractivity contribution in [3.63, 3.8) is 0 Å². The second-order valence-electron chi connectivity index (χ2n) is 5.32. The molecule has 1 aliphatic heterocycles. The van der Waals surface area contributed by atoms with Crippen molar-refractivity contribution < 1.29 is 9.72 Å². The number of nitrogens with zero attached hydrogens (tertiary/aromatic N) is 2. The van der Waals surface area contributed by atoms with Crippen molar-refractivity contribution in [1.82, 2.24) is 4.90 Å². The zero-order valence-corrected chi connectivity index (χ0v) is 11.8. The lowest BCUT2D eigenvalue weighted by Gasteiger charge is -2.28. The predicted octanol–water partition coefficient (Wildman–Crippen LogP) is 2.18. The van der Waals surface area contributed by atoms with Crippen molar-refractivity contribution in [1.29, 1.82) is 0 Å².